The molecule has 1 amide bonds. The molecule has 3 N–H and O–H groups in total. The minimum Gasteiger partial charge on any atom is -0.356 e. The van der Waals surface area contributed by atoms with Crippen LogP contribution in [0.25, 0.3) is 0 Å². The molecule has 0 bridgehead atoms. The van der Waals surface area contributed by atoms with Crippen molar-refractivity contribution in [1.29, 1.82) is 0 Å². The zero-order valence-corrected chi connectivity index (χ0v) is 14.4. The van der Waals surface area contributed by atoms with Gasteiger partial charge in [-0.15, -0.1) is 0 Å². The third kappa shape index (κ3) is 6.05. The molecule has 0 spiro atoms. The number of halogens is 1. The minimum atomic E-state index is -0.0439. The average Bonchev–Trinajstić information content (AvgIpc) is 3.34. The Balaban J connectivity index is 1.59. The van der Waals surface area contributed by atoms with E-state index in [0.717, 1.165) is 35.9 Å². The molecule has 1 saturated carbocycles. The molecule has 5 nitrogen and oxygen atoms in total. The summed E-state index contributed by atoms with van der Waals surface area (Å²) in [5, 5.41) is 9.48. The number of benzene rings is 1. The number of aliphatic imine (C=N–C) groups is 1. The number of hydrogen-bond donors (Lipinski definition) is 3. The molecule has 0 heterocycles. The summed E-state index contributed by atoms with van der Waals surface area (Å²) in [5.74, 6) is 1.62. The van der Waals surface area contributed by atoms with Gasteiger partial charge in [-0.25, -0.2) is 0 Å². The summed E-state index contributed by atoms with van der Waals surface area (Å²) in [6, 6.07) is 7.39. The molecule has 1 aromatic carbocycles. The van der Waals surface area contributed by atoms with Crippen molar-refractivity contribution in [2.45, 2.75) is 19.3 Å². The van der Waals surface area contributed by atoms with E-state index in [4.69, 9.17) is 0 Å². The van der Waals surface area contributed by atoms with Crippen LogP contribution in [0.4, 0.5) is 0 Å². The highest BCUT2D eigenvalue weighted by Crippen LogP contribution is 2.27. The summed E-state index contributed by atoms with van der Waals surface area (Å²) in [5.41, 5.74) is 0.671. The van der Waals surface area contributed by atoms with E-state index in [9.17, 15) is 4.79 Å². The van der Waals surface area contributed by atoms with Gasteiger partial charge >= 0.3 is 0 Å². The first-order valence-corrected chi connectivity index (χ1v) is 8.46. The molecule has 1 aliphatic carbocycles. The molecule has 0 atom stereocenters. The summed E-state index contributed by atoms with van der Waals surface area (Å²) >= 11 is 3.37. The van der Waals surface area contributed by atoms with Crippen molar-refractivity contribution in [3.05, 3.63) is 34.3 Å². The van der Waals surface area contributed by atoms with Crippen LogP contribution in [0.15, 0.2) is 33.7 Å². The number of hydrogen-bond acceptors (Lipinski definition) is 2. The van der Waals surface area contributed by atoms with Crippen molar-refractivity contribution in [2.24, 2.45) is 10.9 Å². The van der Waals surface area contributed by atoms with E-state index < -0.39 is 0 Å². The molecular weight excluding hydrogens is 344 g/mol. The Labute approximate surface area is 140 Å². The molecule has 1 aliphatic rings. The standard InChI is InChI=1S/C16H23BrN4O/c1-18-16(21-11-12-6-7-12)20-9-3-8-19-15(22)13-4-2-5-14(17)10-13/h2,4-5,10,12H,3,6-9,11H2,1H3,(H,19,22)(H2,18,20,21). The van der Waals surface area contributed by atoms with Gasteiger partial charge in [0.05, 0.1) is 0 Å². The first-order chi connectivity index (χ1) is 10.7. The van der Waals surface area contributed by atoms with Gasteiger partial charge in [-0.05, 0) is 43.4 Å². The Morgan fingerprint density at radius 1 is 1.27 bits per heavy atom. The van der Waals surface area contributed by atoms with Crippen LogP contribution in [0.2, 0.25) is 0 Å². The molecule has 120 valence electrons. The smallest absolute Gasteiger partial charge is 0.251 e. The van der Waals surface area contributed by atoms with Crippen molar-refractivity contribution >= 4 is 27.8 Å². The molecular formula is C16H23BrN4O. The second kappa shape index (κ2) is 8.78. The lowest BCUT2D eigenvalue weighted by Crippen LogP contribution is -2.39. The lowest BCUT2D eigenvalue weighted by atomic mass is 10.2. The van der Waals surface area contributed by atoms with E-state index in [0.29, 0.717) is 12.1 Å². The molecule has 6 heteroatoms. The fraction of sp³-hybridized carbons (Fsp3) is 0.500. The SMILES string of the molecule is CN=C(NCCCNC(=O)c1cccc(Br)c1)NCC1CC1. The topological polar surface area (TPSA) is 65.5 Å². The van der Waals surface area contributed by atoms with Crippen LogP contribution in [0.3, 0.4) is 0 Å². The van der Waals surface area contributed by atoms with E-state index in [1.807, 2.05) is 24.3 Å². The molecule has 1 fully saturated rings. The van der Waals surface area contributed by atoms with Gasteiger partial charge in [-0.3, -0.25) is 9.79 Å². The summed E-state index contributed by atoms with van der Waals surface area (Å²) in [4.78, 5) is 16.1. The van der Waals surface area contributed by atoms with Crippen LogP contribution < -0.4 is 16.0 Å². The quantitative estimate of drug-likeness (QED) is 0.393. The van der Waals surface area contributed by atoms with Gasteiger partial charge in [-0.2, -0.15) is 0 Å². The molecule has 0 aromatic heterocycles. The minimum absolute atomic E-state index is 0.0439. The van der Waals surface area contributed by atoms with Crippen molar-refractivity contribution in [1.82, 2.24) is 16.0 Å². The van der Waals surface area contributed by atoms with E-state index in [1.54, 1.807) is 7.05 Å². The zero-order valence-electron chi connectivity index (χ0n) is 12.9. The molecule has 22 heavy (non-hydrogen) atoms. The van der Waals surface area contributed by atoms with Crippen LogP contribution in [0, 0.1) is 5.92 Å². The van der Waals surface area contributed by atoms with Crippen LogP contribution in [-0.2, 0) is 0 Å². The van der Waals surface area contributed by atoms with Gasteiger partial charge in [0.15, 0.2) is 5.96 Å². The Bertz CT molecular complexity index is 529. The Morgan fingerprint density at radius 2 is 2.05 bits per heavy atom. The molecule has 0 aliphatic heterocycles. The monoisotopic (exact) mass is 366 g/mol. The Hall–Kier alpha value is -1.56. The Kier molecular flexibility index (Phi) is 6.71. The second-order valence-electron chi connectivity index (χ2n) is 5.44. The van der Waals surface area contributed by atoms with Crippen LogP contribution in [-0.4, -0.2) is 38.5 Å². The molecule has 0 saturated heterocycles. The van der Waals surface area contributed by atoms with Gasteiger partial charge in [0.25, 0.3) is 5.91 Å². The highest BCUT2D eigenvalue weighted by Gasteiger charge is 2.20. The third-order valence-electron chi connectivity index (χ3n) is 3.50. The first kappa shape index (κ1) is 16.8. The highest BCUT2D eigenvalue weighted by atomic mass is 79.9. The molecule has 1 aromatic rings. The maximum absolute atomic E-state index is 11.9. The highest BCUT2D eigenvalue weighted by molar-refractivity contribution is 9.10. The van der Waals surface area contributed by atoms with E-state index in [-0.39, 0.29) is 5.91 Å². The fourth-order valence-electron chi connectivity index (χ4n) is 2.01. The number of rotatable bonds is 7. The summed E-state index contributed by atoms with van der Waals surface area (Å²) < 4.78 is 0.910. The molecule has 0 unspecified atom stereocenters. The van der Waals surface area contributed by atoms with E-state index in [2.05, 4.69) is 36.9 Å². The first-order valence-electron chi connectivity index (χ1n) is 7.67. The van der Waals surface area contributed by atoms with Crippen LogP contribution >= 0.6 is 15.9 Å². The number of amides is 1. The lowest BCUT2D eigenvalue weighted by molar-refractivity contribution is 0.0953. The van der Waals surface area contributed by atoms with Gasteiger partial charge in [0, 0.05) is 36.7 Å². The number of carbonyl (C=O) groups is 1. The number of carbonyl (C=O) groups excluding carboxylic acids is 1. The third-order valence-corrected chi connectivity index (χ3v) is 3.99. The van der Waals surface area contributed by atoms with Crippen molar-refractivity contribution in [3.8, 4) is 0 Å². The lowest BCUT2D eigenvalue weighted by Gasteiger charge is -2.11. The van der Waals surface area contributed by atoms with Gasteiger partial charge in [0.2, 0.25) is 0 Å². The number of guanidine groups is 1. The second-order valence-corrected chi connectivity index (χ2v) is 6.36. The largest absolute Gasteiger partial charge is 0.356 e. The van der Waals surface area contributed by atoms with Crippen molar-refractivity contribution in [2.75, 3.05) is 26.7 Å². The van der Waals surface area contributed by atoms with Crippen LogP contribution in [0.1, 0.15) is 29.6 Å². The zero-order chi connectivity index (χ0) is 15.8. The van der Waals surface area contributed by atoms with Crippen molar-refractivity contribution in [3.63, 3.8) is 0 Å². The Morgan fingerprint density at radius 3 is 2.73 bits per heavy atom. The number of nitrogens with one attached hydrogen (secondary N) is 3. The van der Waals surface area contributed by atoms with Crippen LogP contribution in [0.5, 0.6) is 0 Å². The normalized spacial score (nSPS) is 14.5. The fourth-order valence-corrected chi connectivity index (χ4v) is 2.41. The average molecular weight is 367 g/mol. The molecule has 0 radical (unpaired) electrons. The maximum Gasteiger partial charge on any atom is 0.251 e. The predicted molar refractivity (Wildman–Crippen MR) is 93.2 cm³/mol. The summed E-state index contributed by atoms with van der Waals surface area (Å²) in [7, 11) is 1.78. The number of nitrogens with zero attached hydrogens (tertiary/aromatic N) is 1. The maximum atomic E-state index is 11.9. The molecule has 2 rings (SSSR count). The van der Waals surface area contributed by atoms with Crippen molar-refractivity contribution < 1.29 is 4.79 Å². The summed E-state index contributed by atoms with van der Waals surface area (Å²) in [6.45, 7) is 2.42. The summed E-state index contributed by atoms with van der Waals surface area (Å²) in [6.07, 6.45) is 3.50. The van der Waals surface area contributed by atoms with Gasteiger partial charge < -0.3 is 16.0 Å². The van der Waals surface area contributed by atoms with Gasteiger partial charge in [0.1, 0.15) is 0 Å². The van der Waals surface area contributed by atoms with E-state index in [1.165, 1.54) is 12.8 Å². The predicted octanol–water partition coefficient (Wildman–Crippen LogP) is 2.14. The van der Waals surface area contributed by atoms with E-state index >= 15 is 0 Å². The van der Waals surface area contributed by atoms with Gasteiger partial charge in [-0.1, -0.05) is 22.0 Å².